The Morgan fingerprint density at radius 1 is 1.41 bits per heavy atom. The molecule has 0 aliphatic carbocycles. The lowest BCUT2D eigenvalue weighted by Gasteiger charge is -2.21. The van der Waals surface area contributed by atoms with Crippen LogP contribution in [0, 0.1) is 6.92 Å². The van der Waals surface area contributed by atoms with Crippen molar-refractivity contribution in [3.63, 3.8) is 0 Å². The van der Waals surface area contributed by atoms with Gasteiger partial charge in [0.15, 0.2) is 5.82 Å². The van der Waals surface area contributed by atoms with Crippen LogP contribution in [-0.2, 0) is 16.1 Å². The van der Waals surface area contributed by atoms with Gasteiger partial charge >= 0.3 is 5.97 Å². The number of aromatic nitrogens is 1. The Morgan fingerprint density at radius 2 is 2.24 bits per heavy atom. The van der Waals surface area contributed by atoms with Crippen LogP contribution in [0.15, 0.2) is 29.8 Å². The summed E-state index contributed by atoms with van der Waals surface area (Å²) in [5, 5.41) is 14.8. The minimum absolute atomic E-state index is 0.0470. The molecule has 3 aromatic rings. The first kappa shape index (κ1) is 19.6. The van der Waals surface area contributed by atoms with Crippen LogP contribution in [-0.4, -0.2) is 29.7 Å². The highest BCUT2D eigenvalue weighted by atomic mass is 32.1. The van der Waals surface area contributed by atoms with Crippen LogP contribution in [0.4, 0.5) is 11.5 Å². The number of hydrazine groups is 2. The molecular weight excluding hydrogens is 388 g/mol. The molecule has 0 radical (unpaired) electrons. The summed E-state index contributed by atoms with van der Waals surface area (Å²) in [6, 6.07) is 6.13. The summed E-state index contributed by atoms with van der Waals surface area (Å²) in [7, 11) is 1.89. The molecule has 0 amide bonds. The summed E-state index contributed by atoms with van der Waals surface area (Å²) in [5.41, 5.74) is 10.9. The summed E-state index contributed by atoms with van der Waals surface area (Å²) in [4.78, 5) is 17.0. The SMILES string of the molecule is CCOC(=O)C[C@H](c1cc(CO)c2sccc2c1)c1cnc2c(c1C)NNN2C. The van der Waals surface area contributed by atoms with Crippen LogP contribution < -0.4 is 16.0 Å². The fourth-order valence-corrected chi connectivity index (χ4v) is 4.74. The zero-order valence-corrected chi connectivity index (χ0v) is 17.5. The second-order valence-electron chi connectivity index (χ2n) is 7.07. The maximum Gasteiger partial charge on any atom is 0.306 e. The maximum absolute atomic E-state index is 12.4. The highest BCUT2D eigenvalue weighted by molar-refractivity contribution is 7.17. The number of rotatable bonds is 6. The van der Waals surface area contributed by atoms with E-state index in [9.17, 15) is 9.90 Å². The summed E-state index contributed by atoms with van der Waals surface area (Å²) < 4.78 is 6.32. The molecule has 29 heavy (non-hydrogen) atoms. The number of anilines is 2. The fraction of sp³-hybridized carbons (Fsp3) is 0.333. The lowest BCUT2D eigenvalue weighted by molar-refractivity contribution is -0.143. The average Bonchev–Trinajstić information content (AvgIpc) is 3.33. The zero-order chi connectivity index (χ0) is 20.5. The van der Waals surface area contributed by atoms with E-state index in [1.54, 1.807) is 11.3 Å². The third-order valence-corrected chi connectivity index (χ3v) is 6.30. The Hall–Kier alpha value is -2.68. The number of carbonyl (C=O) groups is 1. The lowest BCUT2D eigenvalue weighted by Crippen LogP contribution is -2.32. The third-order valence-electron chi connectivity index (χ3n) is 5.30. The first-order valence-corrected chi connectivity index (χ1v) is 10.4. The van der Waals surface area contributed by atoms with Gasteiger partial charge in [-0.05, 0) is 59.0 Å². The van der Waals surface area contributed by atoms with Gasteiger partial charge < -0.3 is 9.84 Å². The Bertz CT molecular complexity index is 1070. The highest BCUT2D eigenvalue weighted by Gasteiger charge is 2.27. The number of aliphatic hydroxyl groups is 1. The standard InChI is InChI=1S/C21H24N4O3S/c1-4-28-18(27)9-16(14-7-13-5-6-29-20(13)15(8-14)11-26)17-10-22-21-19(12(17)2)23-24-25(21)3/h5-8,10,16,23-24,26H,4,9,11H2,1-3H3/t16-/m1/s1. The highest BCUT2D eigenvalue weighted by Crippen LogP contribution is 2.39. The molecule has 1 atom stereocenters. The van der Waals surface area contributed by atoms with E-state index in [1.807, 2.05) is 49.6 Å². The number of hydrogen-bond acceptors (Lipinski definition) is 8. The lowest BCUT2D eigenvalue weighted by atomic mass is 9.85. The average molecular weight is 413 g/mol. The Balaban J connectivity index is 1.84. The van der Waals surface area contributed by atoms with E-state index in [-0.39, 0.29) is 24.9 Å². The fourth-order valence-electron chi connectivity index (χ4n) is 3.85. The van der Waals surface area contributed by atoms with Gasteiger partial charge in [-0.15, -0.1) is 16.9 Å². The third kappa shape index (κ3) is 3.55. The molecule has 152 valence electrons. The monoisotopic (exact) mass is 412 g/mol. The summed E-state index contributed by atoms with van der Waals surface area (Å²) in [6.07, 6.45) is 2.04. The van der Waals surface area contributed by atoms with Gasteiger partial charge in [0.2, 0.25) is 0 Å². The number of nitrogens with one attached hydrogen (secondary N) is 2. The molecule has 1 aromatic carbocycles. The minimum atomic E-state index is -0.253. The number of nitrogens with zero attached hydrogens (tertiary/aromatic N) is 2. The molecule has 0 spiro atoms. The van der Waals surface area contributed by atoms with Gasteiger partial charge in [0.25, 0.3) is 0 Å². The van der Waals surface area contributed by atoms with Crippen molar-refractivity contribution in [3.8, 4) is 0 Å². The van der Waals surface area contributed by atoms with Crippen molar-refractivity contribution in [1.82, 2.24) is 10.5 Å². The van der Waals surface area contributed by atoms with Gasteiger partial charge in [-0.25, -0.2) is 4.98 Å². The number of ether oxygens (including phenoxy) is 1. The normalized spacial score (nSPS) is 14.0. The largest absolute Gasteiger partial charge is 0.466 e. The number of hydrogen-bond donors (Lipinski definition) is 3. The second kappa shape index (κ2) is 7.98. The van der Waals surface area contributed by atoms with Crippen molar-refractivity contribution in [2.24, 2.45) is 0 Å². The van der Waals surface area contributed by atoms with Gasteiger partial charge in [0.1, 0.15) is 0 Å². The van der Waals surface area contributed by atoms with Crippen LogP contribution in [0.2, 0.25) is 0 Å². The van der Waals surface area contributed by atoms with Crippen molar-refractivity contribution < 1.29 is 14.6 Å². The van der Waals surface area contributed by atoms with Crippen LogP contribution in [0.5, 0.6) is 0 Å². The van der Waals surface area contributed by atoms with Gasteiger partial charge in [-0.3, -0.25) is 15.2 Å². The van der Waals surface area contributed by atoms with E-state index >= 15 is 0 Å². The summed E-state index contributed by atoms with van der Waals surface area (Å²) >= 11 is 1.61. The molecule has 1 aliphatic heterocycles. The maximum atomic E-state index is 12.4. The van der Waals surface area contributed by atoms with Gasteiger partial charge in [-0.1, -0.05) is 6.07 Å². The first-order chi connectivity index (χ1) is 14.0. The van der Waals surface area contributed by atoms with Crippen molar-refractivity contribution >= 4 is 38.9 Å². The van der Waals surface area contributed by atoms with Gasteiger partial charge in [-0.2, -0.15) is 0 Å². The van der Waals surface area contributed by atoms with Crippen molar-refractivity contribution in [3.05, 3.63) is 52.0 Å². The summed E-state index contributed by atoms with van der Waals surface area (Å²) in [5.74, 6) is 0.330. The molecule has 4 rings (SSSR count). The molecule has 7 nitrogen and oxygen atoms in total. The molecule has 0 saturated heterocycles. The van der Waals surface area contributed by atoms with Crippen LogP contribution in [0.3, 0.4) is 0 Å². The predicted molar refractivity (Wildman–Crippen MR) is 115 cm³/mol. The number of carbonyl (C=O) groups excluding carboxylic acids is 1. The number of thiophene rings is 1. The van der Waals surface area contributed by atoms with E-state index in [0.717, 1.165) is 43.8 Å². The van der Waals surface area contributed by atoms with E-state index < -0.39 is 0 Å². The Labute approximate surface area is 173 Å². The van der Waals surface area contributed by atoms with Gasteiger partial charge in [0, 0.05) is 23.9 Å². The number of pyridine rings is 1. The quantitative estimate of drug-likeness (QED) is 0.535. The number of aliphatic hydroxyl groups excluding tert-OH is 1. The summed E-state index contributed by atoms with van der Waals surface area (Å²) in [6.45, 7) is 4.13. The first-order valence-electron chi connectivity index (χ1n) is 9.54. The molecule has 0 unspecified atom stereocenters. The zero-order valence-electron chi connectivity index (χ0n) is 16.7. The van der Waals surface area contributed by atoms with Crippen molar-refractivity contribution in [2.45, 2.75) is 32.8 Å². The van der Waals surface area contributed by atoms with E-state index in [1.165, 1.54) is 0 Å². The topological polar surface area (TPSA) is 86.7 Å². The van der Waals surface area contributed by atoms with E-state index in [2.05, 4.69) is 22.0 Å². The second-order valence-corrected chi connectivity index (χ2v) is 7.99. The number of esters is 1. The van der Waals surface area contributed by atoms with Crippen molar-refractivity contribution in [1.29, 1.82) is 0 Å². The number of fused-ring (bicyclic) bond motifs is 2. The number of benzene rings is 1. The molecule has 0 fully saturated rings. The Morgan fingerprint density at radius 3 is 3.00 bits per heavy atom. The van der Waals surface area contributed by atoms with Crippen molar-refractivity contribution in [2.75, 3.05) is 24.1 Å². The van der Waals surface area contributed by atoms with Crippen LogP contribution in [0.1, 0.15) is 41.5 Å². The Kier molecular flexibility index (Phi) is 5.40. The molecule has 3 N–H and O–H groups in total. The van der Waals surface area contributed by atoms with Crippen LogP contribution >= 0.6 is 11.3 Å². The smallest absolute Gasteiger partial charge is 0.306 e. The molecule has 3 heterocycles. The van der Waals surface area contributed by atoms with E-state index in [4.69, 9.17) is 4.74 Å². The van der Waals surface area contributed by atoms with E-state index in [0.29, 0.717) is 6.61 Å². The molecular formula is C21H24N4O3S. The minimum Gasteiger partial charge on any atom is -0.466 e. The predicted octanol–water partition coefficient (Wildman–Crippen LogP) is 3.46. The molecule has 0 bridgehead atoms. The molecule has 8 heteroatoms. The molecule has 1 aliphatic rings. The van der Waals surface area contributed by atoms with Crippen LogP contribution in [0.25, 0.3) is 10.1 Å². The molecule has 0 saturated carbocycles. The molecule has 2 aromatic heterocycles. The van der Waals surface area contributed by atoms with Gasteiger partial charge in [0.05, 0.1) is 25.3 Å².